The summed E-state index contributed by atoms with van der Waals surface area (Å²) in [5, 5.41) is 0. The quantitative estimate of drug-likeness (QED) is 0.486. The highest BCUT2D eigenvalue weighted by atomic mass is 16.5. The average molecular weight is 476 g/mol. The van der Waals surface area contributed by atoms with Gasteiger partial charge in [-0.2, -0.15) is 0 Å². The fourth-order valence-electron chi connectivity index (χ4n) is 5.30. The molecule has 0 N–H and O–H groups in total. The first-order valence-corrected chi connectivity index (χ1v) is 12.1. The molecule has 0 radical (unpaired) electrons. The predicted molar refractivity (Wildman–Crippen MR) is 130 cm³/mol. The first-order valence-electron chi connectivity index (χ1n) is 12.1. The number of esters is 1. The molecule has 8 nitrogen and oxygen atoms in total. The van der Waals surface area contributed by atoms with Crippen molar-refractivity contribution in [1.29, 1.82) is 0 Å². The molecule has 1 amide bonds. The molecule has 0 aliphatic carbocycles. The number of carbonyl (C=O) groups excluding carboxylic acids is 3. The summed E-state index contributed by atoms with van der Waals surface area (Å²) in [5.74, 6) is 1.66. The van der Waals surface area contributed by atoms with E-state index >= 15 is 0 Å². The van der Waals surface area contributed by atoms with Gasteiger partial charge in [0.2, 0.25) is 0 Å². The fraction of sp³-hybridized carbons (Fsp3) is 0.407. The molecule has 0 spiro atoms. The molecule has 182 valence electrons. The third kappa shape index (κ3) is 4.15. The van der Waals surface area contributed by atoms with Crippen molar-refractivity contribution in [3.05, 3.63) is 70.6 Å². The second-order valence-corrected chi connectivity index (χ2v) is 9.01. The third-order valence-electron chi connectivity index (χ3n) is 7.12. The van der Waals surface area contributed by atoms with Crippen LogP contribution in [0.3, 0.4) is 0 Å². The first kappa shape index (κ1) is 23.0. The Balaban J connectivity index is 1.41. The largest absolute Gasteiger partial charge is 0.464 e. The van der Waals surface area contributed by atoms with E-state index in [1.165, 1.54) is 11.1 Å². The fourth-order valence-corrected chi connectivity index (χ4v) is 5.30. The average Bonchev–Trinajstić information content (AvgIpc) is 3.15. The molecule has 1 saturated heterocycles. The molecule has 2 aromatic carbocycles. The molecule has 0 unspecified atom stereocenters. The predicted octanol–water partition coefficient (Wildman–Crippen LogP) is 2.64. The lowest BCUT2D eigenvalue weighted by Crippen LogP contribution is -2.47. The minimum absolute atomic E-state index is 0.0367. The lowest BCUT2D eigenvalue weighted by atomic mass is 9.92. The van der Waals surface area contributed by atoms with Gasteiger partial charge in [0.05, 0.1) is 36.0 Å². The summed E-state index contributed by atoms with van der Waals surface area (Å²) in [6, 6.07) is 13.3. The van der Waals surface area contributed by atoms with E-state index in [1.807, 2.05) is 29.9 Å². The summed E-state index contributed by atoms with van der Waals surface area (Å²) in [6.07, 6.45) is 0.411. The lowest BCUT2D eigenvalue weighted by Gasteiger charge is -2.33. The maximum absolute atomic E-state index is 13.6. The highest BCUT2D eigenvalue weighted by Gasteiger charge is 2.44. The van der Waals surface area contributed by atoms with E-state index in [-0.39, 0.29) is 23.9 Å². The molecule has 5 rings (SSSR count). The number of fused-ring (bicyclic) bond motifs is 3. The van der Waals surface area contributed by atoms with Crippen LogP contribution in [0.25, 0.3) is 0 Å². The summed E-state index contributed by atoms with van der Waals surface area (Å²) < 4.78 is 11.2. The van der Waals surface area contributed by atoms with E-state index in [2.05, 4.69) is 17.0 Å². The Morgan fingerprint density at radius 2 is 1.89 bits per heavy atom. The van der Waals surface area contributed by atoms with E-state index < -0.39 is 5.97 Å². The molecule has 2 aromatic rings. The standard InChI is InChI=1S/C27H29N3O5/c1-3-28-11-12-29(26(32)21-10-9-19(14-22(21)28)27(33)34-4-2)16-24-23-13-18-7-5-6-8-20(18)15-30(23)25(17-31)35-24/h5-10,14,23-24H,3-4,11-13,15-16H2,1-2H3/t23-,24+/m0/s1. The zero-order valence-corrected chi connectivity index (χ0v) is 20.0. The highest BCUT2D eigenvalue weighted by molar-refractivity contribution is 6.02. The number of nitrogens with zero attached hydrogens (tertiary/aromatic N) is 3. The van der Waals surface area contributed by atoms with Crippen LogP contribution in [0.15, 0.2) is 48.3 Å². The van der Waals surface area contributed by atoms with Gasteiger partial charge in [0.25, 0.3) is 11.8 Å². The van der Waals surface area contributed by atoms with Gasteiger partial charge >= 0.3 is 5.97 Å². The van der Waals surface area contributed by atoms with E-state index in [0.29, 0.717) is 50.5 Å². The number of benzene rings is 2. The highest BCUT2D eigenvalue weighted by Crippen LogP contribution is 2.35. The minimum atomic E-state index is -0.398. The molecule has 1 fully saturated rings. The molecule has 0 aromatic heterocycles. The van der Waals surface area contributed by atoms with Crippen molar-refractivity contribution in [2.24, 2.45) is 0 Å². The number of ether oxygens (including phenoxy) is 2. The monoisotopic (exact) mass is 475 g/mol. The molecular formula is C27H29N3O5. The van der Waals surface area contributed by atoms with Crippen molar-refractivity contribution in [2.75, 3.05) is 37.7 Å². The number of rotatable bonds is 5. The number of anilines is 1. The van der Waals surface area contributed by atoms with Crippen molar-refractivity contribution in [3.63, 3.8) is 0 Å². The van der Waals surface area contributed by atoms with Gasteiger partial charge < -0.3 is 24.2 Å². The van der Waals surface area contributed by atoms with Gasteiger partial charge in [0, 0.05) is 26.2 Å². The molecule has 0 saturated carbocycles. The van der Waals surface area contributed by atoms with E-state index in [4.69, 9.17) is 9.47 Å². The second kappa shape index (κ2) is 9.47. The SMILES string of the molecule is CCOC(=O)c1ccc2c(c1)N(CC)CCN(C[C@H]1OC(=C=O)N3Cc4ccccc4C[C@@H]13)C2=O. The second-order valence-electron chi connectivity index (χ2n) is 9.01. The Labute approximate surface area is 204 Å². The molecule has 3 aliphatic heterocycles. The van der Waals surface area contributed by atoms with Crippen molar-refractivity contribution in [3.8, 4) is 0 Å². The van der Waals surface area contributed by atoms with Crippen LogP contribution in [0.2, 0.25) is 0 Å². The molecule has 35 heavy (non-hydrogen) atoms. The normalized spacial score (nSPS) is 20.9. The molecule has 3 heterocycles. The van der Waals surface area contributed by atoms with Crippen molar-refractivity contribution >= 4 is 23.5 Å². The summed E-state index contributed by atoms with van der Waals surface area (Å²) in [7, 11) is 0. The van der Waals surface area contributed by atoms with Crippen LogP contribution in [0.5, 0.6) is 0 Å². The molecule has 8 heteroatoms. The van der Waals surface area contributed by atoms with Gasteiger partial charge in [-0.15, -0.1) is 0 Å². The van der Waals surface area contributed by atoms with Gasteiger partial charge in [-0.25, -0.2) is 9.59 Å². The Kier molecular flexibility index (Phi) is 6.22. The van der Waals surface area contributed by atoms with Crippen LogP contribution in [0.4, 0.5) is 5.69 Å². The maximum Gasteiger partial charge on any atom is 0.338 e. The van der Waals surface area contributed by atoms with Crippen LogP contribution < -0.4 is 4.90 Å². The van der Waals surface area contributed by atoms with E-state index in [0.717, 1.165) is 12.1 Å². The number of carbonyl (C=O) groups is 2. The molecule has 0 bridgehead atoms. The Hall–Kier alpha value is -3.77. The van der Waals surface area contributed by atoms with E-state index in [9.17, 15) is 14.4 Å². The Bertz CT molecular complexity index is 1210. The third-order valence-corrected chi connectivity index (χ3v) is 7.12. The van der Waals surface area contributed by atoms with Crippen LogP contribution in [-0.4, -0.2) is 72.5 Å². The van der Waals surface area contributed by atoms with Crippen LogP contribution >= 0.6 is 0 Å². The van der Waals surface area contributed by atoms with Gasteiger partial charge in [0.1, 0.15) is 6.10 Å². The number of hydrogen-bond acceptors (Lipinski definition) is 7. The van der Waals surface area contributed by atoms with Gasteiger partial charge in [-0.05, 0) is 49.6 Å². The van der Waals surface area contributed by atoms with Crippen LogP contribution in [0.1, 0.15) is 45.7 Å². The lowest BCUT2D eigenvalue weighted by molar-refractivity contribution is 0.0525. The van der Waals surface area contributed by atoms with Gasteiger partial charge in [-0.3, -0.25) is 4.79 Å². The van der Waals surface area contributed by atoms with Gasteiger partial charge in [-0.1, -0.05) is 24.3 Å². The zero-order valence-electron chi connectivity index (χ0n) is 20.0. The van der Waals surface area contributed by atoms with Gasteiger partial charge in [0.15, 0.2) is 5.94 Å². The molecule has 2 atom stereocenters. The van der Waals surface area contributed by atoms with Crippen molar-refractivity contribution in [2.45, 2.75) is 39.0 Å². The smallest absolute Gasteiger partial charge is 0.338 e. The number of likely N-dealkylation sites (N-methyl/N-ethyl adjacent to an activating group) is 1. The maximum atomic E-state index is 13.6. The van der Waals surface area contributed by atoms with Crippen LogP contribution in [-0.2, 0) is 27.2 Å². The summed E-state index contributed by atoms with van der Waals surface area (Å²) in [6.45, 7) is 6.89. The summed E-state index contributed by atoms with van der Waals surface area (Å²) in [4.78, 5) is 43.4. The Morgan fingerprint density at radius 3 is 2.63 bits per heavy atom. The minimum Gasteiger partial charge on any atom is -0.464 e. The first-order chi connectivity index (χ1) is 17.0. The number of amides is 1. The Morgan fingerprint density at radius 1 is 1.11 bits per heavy atom. The van der Waals surface area contributed by atoms with Crippen LogP contribution in [0, 0.1) is 0 Å². The zero-order chi connectivity index (χ0) is 24.5. The van der Waals surface area contributed by atoms with Crippen molar-refractivity contribution in [1.82, 2.24) is 9.80 Å². The topological polar surface area (TPSA) is 79.4 Å². The summed E-state index contributed by atoms with van der Waals surface area (Å²) >= 11 is 0. The van der Waals surface area contributed by atoms with E-state index in [1.54, 1.807) is 30.0 Å². The van der Waals surface area contributed by atoms with Crippen molar-refractivity contribution < 1.29 is 23.9 Å². The molecule has 3 aliphatic rings. The summed E-state index contributed by atoms with van der Waals surface area (Å²) in [5.41, 5.74) is 4.14. The number of hydrogen-bond donors (Lipinski definition) is 0. The molecular weight excluding hydrogens is 446 g/mol.